The molecule has 0 radical (unpaired) electrons. The highest BCUT2D eigenvalue weighted by Gasteiger charge is 2.10. The Morgan fingerprint density at radius 1 is 1.28 bits per heavy atom. The Morgan fingerprint density at radius 3 is 2.61 bits per heavy atom. The molecule has 0 saturated carbocycles. The number of nitrogen functional groups attached to an aromatic ring is 1. The van der Waals surface area contributed by atoms with Gasteiger partial charge in [0.1, 0.15) is 0 Å². The maximum atomic E-state index is 11.8. The monoisotopic (exact) mass is 249 g/mol. The van der Waals surface area contributed by atoms with Gasteiger partial charge in [-0.2, -0.15) is 0 Å². The van der Waals surface area contributed by atoms with E-state index in [1.54, 1.807) is 18.2 Å². The zero-order valence-corrected chi connectivity index (χ0v) is 10.7. The van der Waals surface area contributed by atoms with Crippen molar-refractivity contribution in [3.63, 3.8) is 0 Å². The number of amides is 2. The molecule has 5 nitrogen and oxygen atoms in total. The predicted octanol–water partition coefficient (Wildman–Crippen LogP) is 0.833. The molecule has 0 saturated heterocycles. The van der Waals surface area contributed by atoms with Crippen LogP contribution >= 0.6 is 0 Å². The fraction of sp³-hybridized carbons (Fsp3) is 0.385. The number of carbonyl (C=O) groups is 2. The van der Waals surface area contributed by atoms with Gasteiger partial charge in [-0.05, 0) is 37.1 Å². The van der Waals surface area contributed by atoms with Gasteiger partial charge >= 0.3 is 0 Å². The molecule has 0 spiro atoms. The van der Waals surface area contributed by atoms with Crippen LogP contribution in [0.1, 0.15) is 29.3 Å². The summed E-state index contributed by atoms with van der Waals surface area (Å²) in [5.41, 5.74) is 7.55. The third kappa shape index (κ3) is 4.08. The quantitative estimate of drug-likeness (QED) is 0.676. The number of aryl methyl sites for hydroxylation is 1. The minimum Gasteiger partial charge on any atom is -0.399 e. The van der Waals surface area contributed by atoms with Crippen LogP contribution in [0.2, 0.25) is 0 Å². The second-order valence-corrected chi connectivity index (χ2v) is 4.11. The molecule has 1 rings (SSSR count). The molecule has 0 heterocycles. The standard InChI is InChI=1S/C13H19N3O2/c1-3-6-15-12(17)8-16-13(18)11-5-4-10(14)7-9(11)2/h4-5,7H,3,6,8,14H2,1-2H3,(H,15,17)(H,16,18). The number of benzene rings is 1. The molecule has 0 aliphatic carbocycles. The summed E-state index contributed by atoms with van der Waals surface area (Å²) < 4.78 is 0. The lowest BCUT2D eigenvalue weighted by Gasteiger charge is -2.08. The number of hydrogen-bond acceptors (Lipinski definition) is 3. The van der Waals surface area contributed by atoms with E-state index in [1.165, 1.54) is 0 Å². The summed E-state index contributed by atoms with van der Waals surface area (Å²) in [6.45, 7) is 4.39. The lowest BCUT2D eigenvalue weighted by Crippen LogP contribution is -2.37. The van der Waals surface area contributed by atoms with Crippen LogP contribution in [-0.2, 0) is 4.79 Å². The number of anilines is 1. The van der Waals surface area contributed by atoms with Crippen LogP contribution in [0, 0.1) is 6.92 Å². The van der Waals surface area contributed by atoms with E-state index < -0.39 is 0 Å². The zero-order valence-electron chi connectivity index (χ0n) is 10.7. The van der Waals surface area contributed by atoms with Crippen molar-refractivity contribution in [3.8, 4) is 0 Å². The Morgan fingerprint density at radius 2 is 2.00 bits per heavy atom. The third-order valence-electron chi connectivity index (χ3n) is 2.48. The van der Waals surface area contributed by atoms with Crippen LogP contribution in [0.25, 0.3) is 0 Å². The van der Waals surface area contributed by atoms with Gasteiger partial charge in [0.15, 0.2) is 0 Å². The Labute approximate surface area is 107 Å². The highest BCUT2D eigenvalue weighted by Crippen LogP contribution is 2.11. The number of rotatable bonds is 5. The van der Waals surface area contributed by atoms with Gasteiger partial charge < -0.3 is 16.4 Å². The fourth-order valence-corrected chi connectivity index (χ4v) is 1.52. The summed E-state index contributed by atoms with van der Waals surface area (Å²) >= 11 is 0. The number of nitrogens with two attached hydrogens (primary N) is 1. The van der Waals surface area contributed by atoms with Crippen molar-refractivity contribution in [1.82, 2.24) is 10.6 Å². The zero-order chi connectivity index (χ0) is 13.5. The van der Waals surface area contributed by atoms with Crippen molar-refractivity contribution >= 4 is 17.5 Å². The largest absolute Gasteiger partial charge is 0.399 e. The van der Waals surface area contributed by atoms with Crippen LogP contribution < -0.4 is 16.4 Å². The van der Waals surface area contributed by atoms with Crippen LogP contribution in [0.5, 0.6) is 0 Å². The number of hydrogen-bond donors (Lipinski definition) is 3. The van der Waals surface area contributed by atoms with Gasteiger partial charge in [0.2, 0.25) is 5.91 Å². The summed E-state index contributed by atoms with van der Waals surface area (Å²) in [6, 6.07) is 5.05. The van der Waals surface area contributed by atoms with Gasteiger partial charge in [-0.15, -0.1) is 0 Å². The molecule has 0 aliphatic heterocycles. The summed E-state index contributed by atoms with van der Waals surface area (Å²) in [4.78, 5) is 23.2. The van der Waals surface area contributed by atoms with Crippen LogP contribution in [0.3, 0.4) is 0 Å². The van der Waals surface area contributed by atoms with Gasteiger partial charge in [-0.1, -0.05) is 6.92 Å². The molecule has 1 aromatic carbocycles. The van der Waals surface area contributed by atoms with Crippen molar-refractivity contribution in [3.05, 3.63) is 29.3 Å². The predicted molar refractivity (Wildman–Crippen MR) is 71.2 cm³/mol. The molecule has 0 aliphatic rings. The number of carbonyl (C=O) groups excluding carboxylic acids is 2. The van der Waals surface area contributed by atoms with Crippen molar-refractivity contribution < 1.29 is 9.59 Å². The Kier molecular flexibility index (Phi) is 5.17. The second-order valence-electron chi connectivity index (χ2n) is 4.11. The van der Waals surface area contributed by atoms with Crippen molar-refractivity contribution in [2.75, 3.05) is 18.8 Å². The van der Waals surface area contributed by atoms with Crippen LogP contribution in [-0.4, -0.2) is 24.9 Å². The van der Waals surface area contributed by atoms with E-state index in [4.69, 9.17) is 5.73 Å². The summed E-state index contributed by atoms with van der Waals surface area (Å²) in [6.07, 6.45) is 0.872. The van der Waals surface area contributed by atoms with Crippen molar-refractivity contribution in [2.45, 2.75) is 20.3 Å². The minimum atomic E-state index is -0.265. The molecule has 18 heavy (non-hydrogen) atoms. The van der Waals surface area contributed by atoms with Gasteiger partial charge in [0.25, 0.3) is 5.91 Å². The molecule has 4 N–H and O–H groups in total. The first-order valence-corrected chi connectivity index (χ1v) is 5.95. The summed E-state index contributed by atoms with van der Waals surface area (Å²) in [5, 5.41) is 5.27. The van der Waals surface area contributed by atoms with Gasteiger partial charge in [0, 0.05) is 17.8 Å². The van der Waals surface area contributed by atoms with Gasteiger partial charge in [-0.3, -0.25) is 9.59 Å². The molecule has 0 bridgehead atoms. The van der Waals surface area contributed by atoms with Crippen LogP contribution in [0.4, 0.5) is 5.69 Å². The van der Waals surface area contributed by atoms with Gasteiger partial charge in [-0.25, -0.2) is 0 Å². The maximum absolute atomic E-state index is 11.8. The third-order valence-corrected chi connectivity index (χ3v) is 2.48. The molecule has 1 aromatic rings. The Bertz CT molecular complexity index is 444. The molecule has 5 heteroatoms. The van der Waals surface area contributed by atoms with E-state index >= 15 is 0 Å². The molecular formula is C13H19N3O2. The van der Waals surface area contributed by atoms with E-state index in [0.29, 0.717) is 17.8 Å². The molecule has 0 atom stereocenters. The highest BCUT2D eigenvalue weighted by molar-refractivity contribution is 5.97. The topological polar surface area (TPSA) is 84.2 Å². The first-order valence-electron chi connectivity index (χ1n) is 5.95. The van der Waals surface area contributed by atoms with E-state index in [9.17, 15) is 9.59 Å². The van der Waals surface area contributed by atoms with E-state index in [0.717, 1.165) is 12.0 Å². The van der Waals surface area contributed by atoms with Crippen LogP contribution in [0.15, 0.2) is 18.2 Å². The maximum Gasteiger partial charge on any atom is 0.251 e. The summed E-state index contributed by atoms with van der Waals surface area (Å²) in [5.74, 6) is -0.447. The van der Waals surface area contributed by atoms with Gasteiger partial charge in [0.05, 0.1) is 6.54 Å². The fourth-order valence-electron chi connectivity index (χ4n) is 1.52. The average molecular weight is 249 g/mol. The minimum absolute atomic E-state index is 0.0113. The molecule has 0 aromatic heterocycles. The Balaban J connectivity index is 2.53. The smallest absolute Gasteiger partial charge is 0.251 e. The second kappa shape index (κ2) is 6.64. The molecular weight excluding hydrogens is 230 g/mol. The van der Waals surface area contributed by atoms with E-state index in [1.807, 2.05) is 13.8 Å². The highest BCUT2D eigenvalue weighted by atomic mass is 16.2. The number of nitrogens with one attached hydrogen (secondary N) is 2. The normalized spacial score (nSPS) is 9.89. The summed E-state index contributed by atoms with van der Waals surface area (Å²) in [7, 11) is 0. The first-order chi connectivity index (χ1) is 8.54. The molecule has 98 valence electrons. The SMILES string of the molecule is CCCNC(=O)CNC(=O)c1ccc(N)cc1C. The average Bonchev–Trinajstić information content (AvgIpc) is 2.33. The first kappa shape index (κ1) is 14.0. The van der Waals surface area contributed by atoms with E-state index in [-0.39, 0.29) is 18.4 Å². The molecule has 0 fully saturated rings. The Hall–Kier alpha value is -2.04. The van der Waals surface area contributed by atoms with E-state index in [2.05, 4.69) is 10.6 Å². The molecule has 0 unspecified atom stereocenters. The lowest BCUT2D eigenvalue weighted by atomic mass is 10.1. The molecule has 2 amide bonds. The van der Waals surface area contributed by atoms with Crippen molar-refractivity contribution in [1.29, 1.82) is 0 Å². The van der Waals surface area contributed by atoms with Crippen molar-refractivity contribution in [2.24, 2.45) is 0 Å². The lowest BCUT2D eigenvalue weighted by molar-refractivity contribution is -0.120.